The second kappa shape index (κ2) is 15.5. The number of aromatic nitrogens is 1. The number of nitrogens with one attached hydrogen (secondary N) is 1. The first kappa shape index (κ1) is 34.0. The topological polar surface area (TPSA) is 145 Å². The van der Waals surface area contributed by atoms with Gasteiger partial charge in [-0.25, -0.2) is 0 Å². The average Bonchev–Trinajstić information content (AvgIpc) is 4.00. The molecule has 0 radical (unpaired) electrons. The van der Waals surface area contributed by atoms with Crippen LogP contribution in [0.4, 0.5) is 0 Å². The van der Waals surface area contributed by atoms with Gasteiger partial charge in [0.1, 0.15) is 24.1 Å². The molecule has 0 amide bonds. The van der Waals surface area contributed by atoms with Gasteiger partial charge in [0.15, 0.2) is 0 Å². The Morgan fingerprint density at radius 1 is 0.911 bits per heavy atom. The zero-order chi connectivity index (χ0) is 32.0. The van der Waals surface area contributed by atoms with Crippen LogP contribution < -0.4 is 10.1 Å². The molecule has 1 heterocycles. The Hall–Kier alpha value is -2.31. The van der Waals surface area contributed by atoms with Crippen LogP contribution in [0, 0.1) is 0 Å². The van der Waals surface area contributed by atoms with Crippen molar-refractivity contribution < 1.29 is 35.0 Å². The van der Waals surface area contributed by atoms with Gasteiger partial charge in [0.05, 0.1) is 31.0 Å². The molecule has 2 aliphatic carbocycles. The van der Waals surface area contributed by atoms with Gasteiger partial charge in [-0.1, -0.05) is 41.4 Å². The average molecular weight is 662 g/mol. The Morgan fingerprint density at radius 2 is 1.62 bits per heavy atom. The first-order valence-corrected chi connectivity index (χ1v) is 16.3. The van der Waals surface area contributed by atoms with Gasteiger partial charge in [0.2, 0.25) is 0 Å². The maximum Gasteiger partial charge on any atom is 0.127 e. The van der Waals surface area contributed by atoms with Crippen molar-refractivity contribution in [1.82, 2.24) is 10.3 Å². The molecule has 0 unspecified atom stereocenters. The maximum atomic E-state index is 10.0. The summed E-state index contributed by atoms with van der Waals surface area (Å²) in [5, 5.41) is 52.2. The molecule has 244 valence electrons. The van der Waals surface area contributed by atoms with Crippen molar-refractivity contribution in [3.63, 3.8) is 0 Å². The molecular formula is C34H42Cl2N2O7. The molecule has 4 atom stereocenters. The summed E-state index contributed by atoms with van der Waals surface area (Å²) in [5.41, 5.74) is 4.47. The summed E-state index contributed by atoms with van der Waals surface area (Å²) in [4.78, 5) is 4.43. The van der Waals surface area contributed by atoms with Crippen molar-refractivity contribution >= 4 is 23.2 Å². The van der Waals surface area contributed by atoms with Gasteiger partial charge in [-0.2, -0.15) is 0 Å². The number of aliphatic hydroxyl groups excluding tert-OH is 5. The van der Waals surface area contributed by atoms with Crippen LogP contribution in [0.3, 0.4) is 0 Å². The quantitative estimate of drug-likeness (QED) is 0.111. The number of aliphatic hydroxyl groups is 5. The number of benzene rings is 2. The standard InChI is InChI=1S/C34H42Cl2N2O7/c35-27-16-22(28(36)15-21(27)5-3-4-13-37-18-29(40)32(42)33(43)30(41)19-39)20-44-34(11-12-34)26-17-38-14-10-24(26)25-6-1-2-7-31(25)45-23-8-9-23/h1-2,6-7,10,14-17,23,29-30,32-33,37,39-43H,3-5,8-9,11-13,18-20H2/t29-,30+,32+,33+/m0/s1. The van der Waals surface area contributed by atoms with Gasteiger partial charge >= 0.3 is 0 Å². The fraction of sp³-hybridized carbons (Fsp3) is 0.500. The Morgan fingerprint density at radius 3 is 2.36 bits per heavy atom. The first-order valence-electron chi connectivity index (χ1n) is 15.6. The molecule has 0 aliphatic heterocycles. The molecule has 1 aromatic heterocycles. The van der Waals surface area contributed by atoms with Gasteiger partial charge in [-0.3, -0.25) is 4.98 Å². The number of unbranched alkanes of at least 4 members (excludes halogenated alkanes) is 1. The molecule has 45 heavy (non-hydrogen) atoms. The SMILES string of the molecule is OC[C@@H](O)[C@@H](O)[C@H](O)[C@@H](O)CNCCCCc1cc(Cl)c(COC2(c3cnccc3-c3ccccc3OC3CC3)CC2)cc1Cl. The molecule has 0 saturated heterocycles. The minimum Gasteiger partial charge on any atom is -0.490 e. The minimum atomic E-state index is -1.64. The van der Waals surface area contributed by atoms with E-state index in [0.717, 1.165) is 72.1 Å². The lowest BCUT2D eigenvalue weighted by atomic mass is 9.96. The van der Waals surface area contributed by atoms with E-state index in [0.29, 0.717) is 35.7 Å². The van der Waals surface area contributed by atoms with Crippen molar-refractivity contribution in [1.29, 1.82) is 0 Å². The van der Waals surface area contributed by atoms with Crippen LogP contribution in [0.1, 0.15) is 55.2 Å². The van der Waals surface area contributed by atoms with E-state index in [-0.39, 0.29) is 6.54 Å². The van der Waals surface area contributed by atoms with Crippen LogP contribution in [0.5, 0.6) is 5.75 Å². The third-order valence-corrected chi connectivity index (χ3v) is 9.16. The normalized spacial score (nSPS) is 18.3. The van der Waals surface area contributed by atoms with Crippen LogP contribution in [0.2, 0.25) is 10.0 Å². The third-order valence-electron chi connectivity index (χ3n) is 8.46. The van der Waals surface area contributed by atoms with Gasteiger partial charge in [-0.05, 0) is 92.4 Å². The van der Waals surface area contributed by atoms with Crippen molar-refractivity contribution in [2.24, 2.45) is 0 Å². The van der Waals surface area contributed by atoms with Crippen molar-refractivity contribution in [3.8, 4) is 16.9 Å². The van der Waals surface area contributed by atoms with Crippen LogP contribution in [-0.4, -0.2) is 80.7 Å². The van der Waals surface area contributed by atoms with Gasteiger partial charge in [0, 0.05) is 40.1 Å². The second-order valence-electron chi connectivity index (χ2n) is 12.0. The smallest absolute Gasteiger partial charge is 0.127 e. The van der Waals surface area contributed by atoms with Crippen LogP contribution in [0.25, 0.3) is 11.1 Å². The fourth-order valence-electron chi connectivity index (χ4n) is 5.40. The van der Waals surface area contributed by atoms with E-state index in [1.165, 1.54) is 0 Å². The van der Waals surface area contributed by atoms with E-state index in [4.69, 9.17) is 37.8 Å². The number of hydrogen-bond donors (Lipinski definition) is 6. The highest BCUT2D eigenvalue weighted by atomic mass is 35.5. The van der Waals surface area contributed by atoms with Crippen LogP contribution in [0.15, 0.2) is 54.9 Å². The summed E-state index contributed by atoms with van der Waals surface area (Å²) in [6.07, 6.45) is 4.22. The predicted molar refractivity (Wildman–Crippen MR) is 172 cm³/mol. The monoisotopic (exact) mass is 660 g/mol. The summed E-state index contributed by atoms with van der Waals surface area (Å²) < 4.78 is 12.8. The summed E-state index contributed by atoms with van der Waals surface area (Å²) in [5.74, 6) is 0.885. The molecule has 0 bridgehead atoms. The van der Waals surface area contributed by atoms with E-state index in [1.807, 2.05) is 42.6 Å². The van der Waals surface area contributed by atoms with E-state index in [9.17, 15) is 20.4 Å². The second-order valence-corrected chi connectivity index (χ2v) is 12.8. The molecule has 5 rings (SSSR count). The summed E-state index contributed by atoms with van der Waals surface area (Å²) in [6, 6.07) is 13.9. The van der Waals surface area contributed by atoms with E-state index in [1.54, 1.807) is 6.20 Å². The van der Waals surface area contributed by atoms with Gasteiger partial charge in [-0.15, -0.1) is 0 Å². The zero-order valence-corrected chi connectivity index (χ0v) is 26.6. The predicted octanol–water partition coefficient (Wildman–Crippen LogP) is 4.15. The number of pyridine rings is 1. The number of halogens is 2. The molecule has 2 saturated carbocycles. The molecule has 2 fully saturated rings. The lowest BCUT2D eigenvalue weighted by molar-refractivity contribution is -0.113. The van der Waals surface area contributed by atoms with Crippen molar-refractivity contribution in [3.05, 3.63) is 81.6 Å². The molecule has 3 aromatic rings. The number of para-hydroxylation sites is 1. The zero-order valence-electron chi connectivity index (χ0n) is 25.1. The molecule has 6 N–H and O–H groups in total. The van der Waals surface area contributed by atoms with E-state index in [2.05, 4.69) is 16.4 Å². The molecule has 11 heteroatoms. The highest BCUT2D eigenvalue weighted by molar-refractivity contribution is 6.34. The molecular weight excluding hydrogens is 619 g/mol. The molecule has 2 aliphatic rings. The Balaban J connectivity index is 1.13. The van der Waals surface area contributed by atoms with Gasteiger partial charge in [0.25, 0.3) is 0 Å². The van der Waals surface area contributed by atoms with Crippen molar-refractivity contribution in [2.75, 3.05) is 19.7 Å². The third kappa shape index (κ3) is 8.74. The highest BCUT2D eigenvalue weighted by Crippen LogP contribution is 2.53. The largest absolute Gasteiger partial charge is 0.490 e. The molecule has 9 nitrogen and oxygen atoms in total. The Kier molecular flexibility index (Phi) is 11.7. The lowest BCUT2D eigenvalue weighted by Crippen LogP contribution is -2.49. The number of ether oxygens (including phenoxy) is 2. The fourth-order valence-corrected chi connectivity index (χ4v) is 5.92. The van der Waals surface area contributed by atoms with E-state index >= 15 is 0 Å². The summed E-state index contributed by atoms with van der Waals surface area (Å²) in [7, 11) is 0. The van der Waals surface area contributed by atoms with Crippen LogP contribution in [-0.2, 0) is 23.4 Å². The Labute approximate surface area is 273 Å². The number of hydrogen-bond acceptors (Lipinski definition) is 9. The summed E-state index contributed by atoms with van der Waals surface area (Å²) >= 11 is 13.4. The van der Waals surface area contributed by atoms with Crippen LogP contribution >= 0.6 is 23.2 Å². The Bertz CT molecular complexity index is 1420. The number of aryl methyl sites for hydroxylation is 1. The molecule has 0 spiro atoms. The van der Waals surface area contributed by atoms with Gasteiger partial charge < -0.3 is 40.3 Å². The molecule has 2 aromatic carbocycles. The minimum absolute atomic E-state index is 0.0282. The number of rotatable bonds is 18. The summed E-state index contributed by atoms with van der Waals surface area (Å²) in [6.45, 7) is 0.198. The highest BCUT2D eigenvalue weighted by Gasteiger charge is 2.48. The number of nitrogens with zero attached hydrogens (tertiary/aromatic N) is 1. The first-order chi connectivity index (χ1) is 21.7. The lowest BCUT2D eigenvalue weighted by Gasteiger charge is -2.25. The van der Waals surface area contributed by atoms with E-state index < -0.39 is 36.6 Å². The maximum absolute atomic E-state index is 10.0. The van der Waals surface area contributed by atoms with Crippen molar-refractivity contribution in [2.45, 2.75) is 87.7 Å².